The van der Waals surface area contributed by atoms with E-state index in [2.05, 4.69) is 20.5 Å². The number of nitrogens with one attached hydrogen (secondary N) is 1. The average Bonchev–Trinajstić information content (AvgIpc) is 3.36. The first-order valence-corrected chi connectivity index (χ1v) is 12.1. The van der Waals surface area contributed by atoms with Crippen LogP contribution >= 0.6 is 0 Å². The zero-order valence-electron chi connectivity index (χ0n) is 19.9. The van der Waals surface area contributed by atoms with Crippen molar-refractivity contribution in [2.24, 2.45) is 17.8 Å². The summed E-state index contributed by atoms with van der Waals surface area (Å²) < 4.78 is 45.5. The van der Waals surface area contributed by atoms with Crippen LogP contribution in [-0.2, 0) is 15.7 Å². The minimum absolute atomic E-state index is 0.0398. The van der Waals surface area contributed by atoms with Crippen LogP contribution in [0.15, 0.2) is 30.5 Å². The molecule has 5 rings (SSSR count). The highest BCUT2D eigenvalue weighted by molar-refractivity contribution is 5.79. The molecule has 2 aliphatic heterocycles. The first kappa shape index (κ1) is 24.0. The van der Waals surface area contributed by atoms with E-state index in [4.69, 9.17) is 4.74 Å². The summed E-state index contributed by atoms with van der Waals surface area (Å²) in [6, 6.07) is 6.19. The van der Waals surface area contributed by atoms with Crippen molar-refractivity contribution in [3.8, 4) is 11.3 Å². The highest BCUT2D eigenvalue weighted by Gasteiger charge is 2.44. The molecule has 0 spiro atoms. The molecule has 1 amide bonds. The standard InChI is InChI=1S/C25H30F3N5O2/c1-24(2)12-15(7-9-35-24)23(34)33-13-16-10-18(11-17(16)14-33)30-21-6-5-20(31-32-21)19-4-3-8-29-22(19)25(26,27)28/h3-6,8,15-18H,7,9-14H2,1-2H3,(H,30,32)/t15?,16-,17?,18+/m1/s1. The molecule has 7 nitrogen and oxygen atoms in total. The van der Waals surface area contributed by atoms with E-state index in [1.54, 1.807) is 6.07 Å². The van der Waals surface area contributed by atoms with Gasteiger partial charge in [0, 0.05) is 43.4 Å². The second-order valence-electron chi connectivity index (χ2n) is 10.6. The molecule has 188 valence electrons. The minimum Gasteiger partial charge on any atom is -0.376 e. The molecule has 4 heterocycles. The first-order valence-electron chi connectivity index (χ1n) is 12.1. The van der Waals surface area contributed by atoms with Gasteiger partial charge in [0.05, 0.1) is 11.3 Å². The highest BCUT2D eigenvalue weighted by Crippen LogP contribution is 2.41. The van der Waals surface area contributed by atoms with Crippen LogP contribution in [0.4, 0.5) is 19.0 Å². The van der Waals surface area contributed by atoms with Gasteiger partial charge in [-0.2, -0.15) is 13.2 Å². The lowest BCUT2D eigenvalue weighted by Crippen LogP contribution is -2.43. The summed E-state index contributed by atoms with van der Waals surface area (Å²) in [4.78, 5) is 18.6. The second-order valence-corrected chi connectivity index (χ2v) is 10.6. The minimum atomic E-state index is -4.56. The fourth-order valence-corrected chi connectivity index (χ4v) is 5.90. The zero-order valence-corrected chi connectivity index (χ0v) is 19.9. The Kier molecular flexibility index (Phi) is 6.19. The van der Waals surface area contributed by atoms with Crippen LogP contribution in [-0.4, -0.2) is 57.3 Å². The Morgan fingerprint density at radius 1 is 1.14 bits per heavy atom. The topological polar surface area (TPSA) is 80.2 Å². The molecule has 2 saturated heterocycles. The Hall–Kier alpha value is -2.75. The molecule has 0 aromatic carbocycles. The lowest BCUT2D eigenvalue weighted by atomic mass is 9.87. The van der Waals surface area contributed by atoms with Gasteiger partial charge in [0.25, 0.3) is 0 Å². The fraction of sp³-hybridized carbons (Fsp3) is 0.600. The summed E-state index contributed by atoms with van der Waals surface area (Å²) in [5.41, 5.74) is -1.18. The van der Waals surface area contributed by atoms with Crippen LogP contribution in [0.25, 0.3) is 11.3 Å². The molecule has 2 aromatic rings. The molecule has 4 atom stereocenters. The van der Waals surface area contributed by atoms with Gasteiger partial charge in [-0.25, -0.2) is 0 Å². The van der Waals surface area contributed by atoms with Gasteiger partial charge in [0.2, 0.25) is 5.91 Å². The number of anilines is 1. The maximum absolute atomic E-state index is 13.3. The monoisotopic (exact) mass is 489 g/mol. The van der Waals surface area contributed by atoms with Gasteiger partial charge >= 0.3 is 6.18 Å². The summed E-state index contributed by atoms with van der Waals surface area (Å²) in [5, 5.41) is 11.5. The summed E-state index contributed by atoms with van der Waals surface area (Å²) in [7, 11) is 0. The lowest BCUT2D eigenvalue weighted by molar-refractivity contribution is -0.144. The van der Waals surface area contributed by atoms with Gasteiger partial charge in [-0.15, -0.1) is 10.2 Å². The van der Waals surface area contributed by atoms with E-state index < -0.39 is 11.9 Å². The van der Waals surface area contributed by atoms with Crippen LogP contribution < -0.4 is 5.32 Å². The molecular weight excluding hydrogens is 459 g/mol. The van der Waals surface area contributed by atoms with Crippen molar-refractivity contribution in [2.45, 2.75) is 57.3 Å². The fourth-order valence-electron chi connectivity index (χ4n) is 5.90. The quantitative estimate of drug-likeness (QED) is 0.685. The van der Waals surface area contributed by atoms with Crippen LogP contribution in [0.1, 0.15) is 45.2 Å². The average molecular weight is 490 g/mol. The molecule has 1 saturated carbocycles. The van der Waals surface area contributed by atoms with Gasteiger partial charge in [-0.1, -0.05) is 0 Å². The Labute approximate surface area is 202 Å². The number of halogens is 3. The summed E-state index contributed by atoms with van der Waals surface area (Å²) in [5.74, 6) is 1.73. The summed E-state index contributed by atoms with van der Waals surface area (Å²) in [6.45, 7) is 6.29. The van der Waals surface area contributed by atoms with Crippen molar-refractivity contribution in [3.05, 3.63) is 36.2 Å². The van der Waals surface area contributed by atoms with Crippen LogP contribution in [0, 0.1) is 17.8 Å². The molecule has 0 bridgehead atoms. The number of pyridine rings is 1. The third kappa shape index (κ3) is 5.12. The Balaban J connectivity index is 1.17. The third-order valence-corrected chi connectivity index (χ3v) is 7.48. The van der Waals surface area contributed by atoms with Gasteiger partial charge in [-0.3, -0.25) is 9.78 Å². The number of hydrogen-bond acceptors (Lipinski definition) is 6. The summed E-state index contributed by atoms with van der Waals surface area (Å²) >= 11 is 0. The van der Waals surface area contributed by atoms with Crippen LogP contribution in [0.3, 0.4) is 0 Å². The number of rotatable bonds is 4. The number of carbonyl (C=O) groups is 1. The number of nitrogens with zero attached hydrogens (tertiary/aromatic N) is 4. The maximum atomic E-state index is 13.3. The van der Waals surface area contributed by atoms with E-state index >= 15 is 0 Å². The largest absolute Gasteiger partial charge is 0.434 e. The number of alkyl halides is 3. The molecule has 35 heavy (non-hydrogen) atoms. The van der Waals surface area contributed by atoms with E-state index in [0.717, 1.165) is 45.0 Å². The Morgan fingerprint density at radius 3 is 2.51 bits per heavy atom. The van der Waals surface area contributed by atoms with Gasteiger partial charge in [-0.05, 0) is 75.6 Å². The number of carbonyl (C=O) groups excluding carboxylic acids is 1. The van der Waals surface area contributed by atoms with Gasteiger partial charge < -0.3 is 15.0 Å². The molecule has 0 radical (unpaired) electrons. The normalized spacial score (nSPS) is 28.1. The van der Waals surface area contributed by atoms with Crippen LogP contribution in [0.2, 0.25) is 0 Å². The van der Waals surface area contributed by atoms with E-state index in [0.29, 0.717) is 24.3 Å². The zero-order chi connectivity index (χ0) is 24.8. The number of ether oxygens (including phenoxy) is 1. The van der Waals surface area contributed by atoms with E-state index in [9.17, 15) is 18.0 Å². The molecular formula is C25H30F3N5O2. The molecule has 2 unspecified atom stereocenters. The number of hydrogen-bond donors (Lipinski definition) is 1. The predicted octanol–water partition coefficient (Wildman–Crippen LogP) is 4.41. The lowest BCUT2D eigenvalue weighted by Gasteiger charge is -2.36. The van der Waals surface area contributed by atoms with Crippen molar-refractivity contribution in [1.82, 2.24) is 20.1 Å². The van der Waals surface area contributed by atoms with Gasteiger partial charge in [0.1, 0.15) is 5.82 Å². The SMILES string of the molecule is CC1(C)CC(C(=O)N2CC3C[C@@H](Nc4ccc(-c5cccnc5C(F)(F)F)nn4)C[C@@H]3C2)CCO1. The Morgan fingerprint density at radius 2 is 1.89 bits per heavy atom. The smallest absolute Gasteiger partial charge is 0.376 e. The van der Waals surface area contributed by atoms with Crippen molar-refractivity contribution < 1.29 is 22.7 Å². The van der Waals surface area contributed by atoms with Gasteiger partial charge in [0.15, 0.2) is 5.69 Å². The van der Waals surface area contributed by atoms with E-state index in [1.807, 2.05) is 18.7 Å². The van der Waals surface area contributed by atoms with Crippen LogP contribution in [0.5, 0.6) is 0 Å². The van der Waals surface area contributed by atoms with Crippen molar-refractivity contribution in [1.29, 1.82) is 0 Å². The number of amides is 1. The van der Waals surface area contributed by atoms with E-state index in [1.165, 1.54) is 18.2 Å². The van der Waals surface area contributed by atoms with E-state index in [-0.39, 0.29) is 34.7 Å². The molecule has 3 aliphatic rings. The summed E-state index contributed by atoms with van der Waals surface area (Å²) in [6.07, 6.45) is -0.0365. The first-order chi connectivity index (χ1) is 16.6. The second kappa shape index (κ2) is 9.04. The van der Waals surface area contributed by atoms with Crippen molar-refractivity contribution >= 4 is 11.7 Å². The third-order valence-electron chi connectivity index (χ3n) is 7.48. The predicted molar refractivity (Wildman–Crippen MR) is 123 cm³/mol. The Bertz CT molecular complexity index is 1060. The number of fused-ring (bicyclic) bond motifs is 1. The number of aromatic nitrogens is 3. The van der Waals surface area contributed by atoms with Crippen molar-refractivity contribution in [2.75, 3.05) is 25.0 Å². The molecule has 1 aliphatic carbocycles. The molecule has 10 heteroatoms. The highest BCUT2D eigenvalue weighted by atomic mass is 19.4. The molecule has 3 fully saturated rings. The number of likely N-dealkylation sites (tertiary alicyclic amines) is 1. The molecule has 2 aromatic heterocycles. The maximum Gasteiger partial charge on any atom is 0.434 e. The van der Waals surface area contributed by atoms with Crippen molar-refractivity contribution in [3.63, 3.8) is 0 Å². The molecule has 1 N–H and O–H groups in total.